The normalized spacial score (nSPS) is 11.4. The Kier molecular flexibility index (Phi) is 4.14. The molecule has 0 fully saturated rings. The number of benzene rings is 3. The van der Waals surface area contributed by atoms with Crippen molar-refractivity contribution >= 4 is 39.5 Å². The van der Waals surface area contributed by atoms with E-state index in [1.165, 1.54) is 6.08 Å². The molecule has 29 heavy (non-hydrogen) atoms. The van der Waals surface area contributed by atoms with Crippen LogP contribution in [0.4, 0.5) is 5.69 Å². The highest BCUT2D eigenvalue weighted by atomic mass is 16.3. The van der Waals surface area contributed by atoms with Crippen LogP contribution in [0.1, 0.15) is 5.76 Å². The van der Waals surface area contributed by atoms with Gasteiger partial charge in [-0.15, -0.1) is 15.0 Å². The molecule has 2 heterocycles. The lowest BCUT2D eigenvalue weighted by Crippen LogP contribution is -2.07. The Morgan fingerprint density at radius 1 is 0.931 bits per heavy atom. The van der Waals surface area contributed by atoms with E-state index in [1.54, 1.807) is 29.3 Å². The number of carbonyl (C=O) groups is 1. The van der Waals surface area contributed by atoms with Crippen LogP contribution in [0.3, 0.4) is 0 Å². The standard InChI is InChI=1S/C23H16N4O2/c28-23(13-11-18-7-4-14-29-18)24-17-10-12-20-21(15-17)26-27(25-20)22-9-3-6-16-5-1-2-8-19(16)22/h1-15H,(H,24,28)/b13-11+. The topological polar surface area (TPSA) is 73.0 Å². The Hall–Kier alpha value is -4.19. The molecule has 6 heteroatoms. The monoisotopic (exact) mass is 380 g/mol. The third-order valence-electron chi connectivity index (χ3n) is 4.57. The van der Waals surface area contributed by atoms with Gasteiger partial charge < -0.3 is 9.73 Å². The summed E-state index contributed by atoms with van der Waals surface area (Å²) in [6, 6.07) is 23.2. The van der Waals surface area contributed by atoms with Crippen LogP contribution < -0.4 is 5.32 Å². The predicted molar refractivity (Wildman–Crippen MR) is 113 cm³/mol. The minimum absolute atomic E-state index is 0.248. The number of hydrogen-bond donors (Lipinski definition) is 1. The lowest BCUT2D eigenvalue weighted by molar-refractivity contribution is -0.111. The first-order valence-electron chi connectivity index (χ1n) is 9.14. The molecule has 3 aromatic carbocycles. The fraction of sp³-hybridized carbons (Fsp3) is 0. The van der Waals surface area contributed by atoms with Gasteiger partial charge in [0.25, 0.3) is 0 Å². The second-order valence-corrected chi connectivity index (χ2v) is 6.53. The SMILES string of the molecule is O=C(/C=C/c1ccco1)Nc1ccc2nn(-c3cccc4ccccc34)nc2c1. The average Bonchev–Trinajstić information content (AvgIpc) is 3.41. The van der Waals surface area contributed by atoms with E-state index in [0.717, 1.165) is 22.0 Å². The lowest BCUT2D eigenvalue weighted by atomic mass is 10.1. The number of furan rings is 1. The van der Waals surface area contributed by atoms with Gasteiger partial charge in [0.05, 0.1) is 12.0 Å². The van der Waals surface area contributed by atoms with Crippen molar-refractivity contribution in [3.63, 3.8) is 0 Å². The van der Waals surface area contributed by atoms with Crippen molar-refractivity contribution in [2.24, 2.45) is 0 Å². The highest BCUT2D eigenvalue weighted by molar-refractivity contribution is 6.02. The van der Waals surface area contributed by atoms with E-state index in [4.69, 9.17) is 4.42 Å². The van der Waals surface area contributed by atoms with E-state index in [9.17, 15) is 4.79 Å². The van der Waals surface area contributed by atoms with Gasteiger partial charge in [-0.1, -0.05) is 36.4 Å². The van der Waals surface area contributed by atoms with E-state index >= 15 is 0 Å². The van der Waals surface area contributed by atoms with Crippen LogP contribution in [-0.4, -0.2) is 20.9 Å². The van der Waals surface area contributed by atoms with Crippen LogP contribution in [-0.2, 0) is 4.79 Å². The van der Waals surface area contributed by atoms with Gasteiger partial charge in [0, 0.05) is 17.1 Å². The minimum atomic E-state index is -0.248. The summed E-state index contributed by atoms with van der Waals surface area (Å²) in [7, 11) is 0. The lowest BCUT2D eigenvalue weighted by Gasteiger charge is -2.04. The first-order chi connectivity index (χ1) is 14.3. The van der Waals surface area contributed by atoms with Gasteiger partial charge in [0.15, 0.2) is 0 Å². The maximum Gasteiger partial charge on any atom is 0.248 e. The zero-order valence-corrected chi connectivity index (χ0v) is 15.3. The summed E-state index contributed by atoms with van der Waals surface area (Å²) in [5.74, 6) is 0.371. The highest BCUT2D eigenvalue weighted by Crippen LogP contribution is 2.23. The van der Waals surface area contributed by atoms with E-state index in [1.807, 2.05) is 42.5 Å². The quantitative estimate of drug-likeness (QED) is 0.454. The summed E-state index contributed by atoms with van der Waals surface area (Å²) in [6.07, 6.45) is 4.60. The number of hydrogen-bond acceptors (Lipinski definition) is 4. The van der Waals surface area contributed by atoms with Gasteiger partial charge in [0.2, 0.25) is 5.91 Å². The second-order valence-electron chi connectivity index (χ2n) is 6.53. The van der Waals surface area contributed by atoms with Gasteiger partial charge in [-0.25, -0.2) is 0 Å². The molecule has 2 aromatic heterocycles. The fourth-order valence-electron chi connectivity index (χ4n) is 3.21. The molecule has 1 amide bonds. The van der Waals surface area contributed by atoms with Crippen LogP contribution in [0.15, 0.2) is 89.6 Å². The summed E-state index contributed by atoms with van der Waals surface area (Å²) in [4.78, 5) is 13.8. The molecule has 6 nitrogen and oxygen atoms in total. The van der Waals surface area contributed by atoms with Crippen molar-refractivity contribution in [2.75, 3.05) is 5.32 Å². The third kappa shape index (κ3) is 3.39. The average molecular weight is 380 g/mol. The number of nitrogens with zero attached hydrogens (tertiary/aromatic N) is 3. The Balaban J connectivity index is 1.43. The molecule has 0 radical (unpaired) electrons. The van der Waals surface area contributed by atoms with Crippen molar-refractivity contribution in [3.05, 3.63) is 90.9 Å². The van der Waals surface area contributed by atoms with Crippen molar-refractivity contribution in [3.8, 4) is 5.69 Å². The second kappa shape index (κ2) is 7.09. The van der Waals surface area contributed by atoms with Gasteiger partial charge >= 0.3 is 0 Å². The first kappa shape index (κ1) is 16.9. The molecular formula is C23H16N4O2. The minimum Gasteiger partial charge on any atom is -0.465 e. The number of amides is 1. The summed E-state index contributed by atoms with van der Waals surface area (Å²) >= 11 is 0. The number of carbonyl (C=O) groups excluding carboxylic acids is 1. The number of rotatable bonds is 4. The fourth-order valence-corrected chi connectivity index (χ4v) is 3.21. The predicted octanol–water partition coefficient (Wildman–Crippen LogP) is 4.82. The molecular weight excluding hydrogens is 364 g/mol. The number of aromatic nitrogens is 3. The summed E-state index contributed by atoms with van der Waals surface area (Å²) < 4.78 is 5.18. The molecule has 0 aliphatic rings. The zero-order valence-electron chi connectivity index (χ0n) is 15.3. The molecule has 0 unspecified atom stereocenters. The Morgan fingerprint density at radius 2 is 1.79 bits per heavy atom. The van der Waals surface area contributed by atoms with Gasteiger partial charge in [-0.2, -0.15) is 0 Å². The molecule has 0 saturated carbocycles. The molecule has 0 aliphatic heterocycles. The molecule has 5 aromatic rings. The molecule has 0 spiro atoms. The van der Waals surface area contributed by atoms with Gasteiger partial charge in [-0.05, 0) is 47.9 Å². The van der Waals surface area contributed by atoms with Gasteiger partial charge in [0.1, 0.15) is 16.8 Å². The third-order valence-corrected chi connectivity index (χ3v) is 4.57. The van der Waals surface area contributed by atoms with Gasteiger partial charge in [-0.3, -0.25) is 4.79 Å². The summed E-state index contributed by atoms with van der Waals surface area (Å²) in [6.45, 7) is 0. The molecule has 0 aliphatic carbocycles. The van der Waals surface area contributed by atoms with E-state index in [-0.39, 0.29) is 5.91 Å². The molecule has 140 valence electrons. The number of nitrogens with one attached hydrogen (secondary N) is 1. The van der Waals surface area contributed by atoms with Crippen LogP contribution in [0.2, 0.25) is 0 Å². The Morgan fingerprint density at radius 3 is 2.69 bits per heavy atom. The largest absolute Gasteiger partial charge is 0.465 e. The van der Waals surface area contributed by atoms with Crippen LogP contribution in [0.5, 0.6) is 0 Å². The van der Waals surface area contributed by atoms with E-state index in [0.29, 0.717) is 17.0 Å². The van der Waals surface area contributed by atoms with Crippen molar-refractivity contribution in [1.82, 2.24) is 15.0 Å². The molecule has 1 N–H and O–H groups in total. The van der Waals surface area contributed by atoms with E-state index in [2.05, 4.69) is 33.7 Å². The maximum absolute atomic E-state index is 12.1. The summed E-state index contributed by atoms with van der Waals surface area (Å²) in [5.41, 5.74) is 3.01. The molecule has 0 bridgehead atoms. The van der Waals surface area contributed by atoms with Crippen molar-refractivity contribution in [1.29, 1.82) is 0 Å². The van der Waals surface area contributed by atoms with Crippen molar-refractivity contribution < 1.29 is 9.21 Å². The number of anilines is 1. The molecule has 0 saturated heterocycles. The Labute approximate surface area is 166 Å². The highest BCUT2D eigenvalue weighted by Gasteiger charge is 2.09. The number of fused-ring (bicyclic) bond motifs is 2. The van der Waals surface area contributed by atoms with Crippen LogP contribution in [0.25, 0.3) is 33.6 Å². The zero-order chi connectivity index (χ0) is 19.6. The maximum atomic E-state index is 12.1. The molecule has 5 rings (SSSR count). The Bertz CT molecular complexity index is 1340. The summed E-state index contributed by atoms with van der Waals surface area (Å²) in [5, 5.41) is 14.2. The first-order valence-corrected chi connectivity index (χ1v) is 9.14. The molecule has 0 atom stereocenters. The van der Waals surface area contributed by atoms with Crippen molar-refractivity contribution in [2.45, 2.75) is 0 Å². The van der Waals surface area contributed by atoms with Crippen LogP contribution in [0, 0.1) is 0 Å². The smallest absolute Gasteiger partial charge is 0.248 e. The van der Waals surface area contributed by atoms with E-state index < -0.39 is 0 Å². The van der Waals surface area contributed by atoms with Crippen LogP contribution >= 0.6 is 0 Å².